The Hall–Kier alpha value is -3.28. The number of hydrogen-bond donors (Lipinski definition) is 2. The average Bonchev–Trinajstić information content (AvgIpc) is 3.57. The number of carbonyl (C=O) groups is 2. The van der Waals surface area contributed by atoms with E-state index in [-0.39, 0.29) is 11.8 Å². The third kappa shape index (κ3) is 4.96. The molecule has 34 heavy (non-hydrogen) atoms. The van der Waals surface area contributed by atoms with E-state index in [0.717, 1.165) is 37.6 Å². The largest absolute Gasteiger partial charge is 0.372 e. The summed E-state index contributed by atoms with van der Waals surface area (Å²) >= 11 is 0. The summed E-state index contributed by atoms with van der Waals surface area (Å²) in [6, 6.07) is 16.0. The molecule has 2 atom stereocenters. The van der Waals surface area contributed by atoms with Crippen LogP contribution in [0.25, 0.3) is 0 Å². The van der Waals surface area contributed by atoms with Crippen molar-refractivity contribution in [1.82, 2.24) is 0 Å². The minimum atomic E-state index is -0.477. The summed E-state index contributed by atoms with van der Waals surface area (Å²) in [6.07, 6.45) is 7.52. The SMILES string of the molecule is C=C1[C@H](C(=O)Nc2ccc(N3CCCCC3)cc2)[C@H]1C(=O)Nc1ccc(N2CCCCC2)cc1. The van der Waals surface area contributed by atoms with E-state index >= 15 is 0 Å². The lowest BCUT2D eigenvalue weighted by molar-refractivity contribution is -0.122. The monoisotopic (exact) mass is 458 g/mol. The zero-order valence-corrected chi connectivity index (χ0v) is 19.8. The van der Waals surface area contributed by atoms with E-state index in [9.17, 15) is 9.59 Å². The number of rotatable bonds is 6. The average molecular weight is 459 g/mol. The molecule has 2 heterocycles. The number of hydrogen-bond acceptors (Lipinski definition) is 4. The molecule has 3 fully saturated rings. The third-order valence-corrected chi connectivity index (χ3v) is 7.30. The fourth-order valence-electron chi connectivity index (χ4n) is 5.21. The van der Waals surface area contributed by atoms with Crippen LogP contribution in [-0.2, 0) is 9.59 Å². The van der Waals surface area contributed by atoms with Gasteiger partial charge in [0.2, 0.25) is 11.8 Å². The summed E-state index contributed by atoms with van der Waals surface area (Å²) < 4.78 is 0. The van der Waals surface area contributed by atoms with Crippen LogP contribution < -0.4 is 20.4 Å². The highest BCUT2D eigenvalue weighted by molar-refractivity contribution is 6.08. The quantitative estimate of drug-likeness (QED) is 0.595. The van der Waals surface area contributed by atoms with Crippen molar-refractivity contribution in [3.63, 3.8) is 0 Å². The van der Waals surface area contributed by atoms with Gasteiger partial charge < -0.3 is 20.4 Å². The number of benzene rings is 2. The molecule has 0 bridgehead atoms. The van der Waals surface area contributed by atoms with Gasteiger partial charge in [0.25, 0.3) is 0 Å². The molecule has 2 aromatic carbocycles. The molecule has 3 aliphatic rings. The van der Waals surface area contributed by atoms with E-state index in [1.54, 1.807) is 0 Å². The van der Waals surface area contributed by atoms with Gasteiger partial charge in [-0.05, 0) is 87.1 Å². The predicted octanol–water partition coefficient (Wildman–Crippen LogP) is 5.05. The lowest BCUT2D eigenvalue weighted by Crippen LogP contribution is -2.29. The standard InChI is InChI=1S/C28H34N4O2/c1-20-25(27(33)29-21-8-12-23(13-9-21)31-16-4-2-5-17-31)26(20)28(34)30-22-10-14-24(15-11-22)32-18-6-3-7-19-32/h8-15,25-26H,1-7,16-19H2,(H,29,33)(H,30,34)/t25-,26-/m0/s1. The first kappa shape index (κ1) is 22.5. The molecular formula is C28H34N4O2. The number of nitrogens with one attached hydrogen (secondary N) is 2. The number of amides is 2. The maximum Gasteiger partial charge on any atom is 0.232 e. The van der Waals surface area contributed by atoms with Crippen molar-refractivity contribution in [2.75, 3.05) is 46.6 Å². The number of carbonyl (C=O) groups excluding carboxylic acids is 2. The Labute approximate surface area is 202 Å². The maximum atomic E-state index is 12.8. The van der Waals surface area contributed by atoms with Crippen LogP contribution >= 0.6 is 0 Å². The van der Waals surface area contributed by atoms with Crippen LogP contribution in [0.2, 0.25) is 0 Å². The second-order valence-electron chi connectivity index (χ2n) is 9.70. The van der Waals surface area contributed by atoms with Crippen LogP contribution in [0, 0.1) is 11.8 Å². The molecule has 2 aromatic rings. The minimum Gasteiger partial charge on any atom is -0.372 e. The van der Waals surface area contributed by atoms with E-state index in [2.05, 4.69) is 51.3 Å². The summed E-state index contributed by atoms with van der Waals surface area (Å²) in [5.41, 5.74) is 4.55. The highest BCUT2D eigenvalue weighted by Crippen LogP contribution is 2.45. The summed E-state index contributed by atoms with van der Waals surface area (Å²) in [5, 5.41) is 5.91. The Balaban J connectivity index is 1.13. The van der Waals surface area contributed by atoms with Crippen molar-refractivity contribution in [3.8, 4) is 0 Å². The number of anilines is 4. The van der Waals surface area contributed by atoms with Crippen LogP contribution in [0.4, 0.5) is 22.7 Å². The highest BCUT2D eigenvalue weighted by atomic mass is 16.2. The fraction of sp³-hybridized carbons (Fsp3) is 0.429. The van der Waals surface area contributed by atoms with Gasteiger partial charge in [0.1, 0.15) is 0 Å². The Morgan fingerprint density at radius 3 is 1.32 bits per heavy atom. The summed E-state index contributed by atoms with van der Waals surface area (Å²) in [4.78, 5) is 30.4. The van der Waals surface area contributed by atoms with Gasteiger partial charge in [0.05, 0.1) is 11.8 Å². The van der Waals surface area contributed by atoms with Crippen LogP contribution in [0.15, 0.2) is 60.7 Å². The highest BCUT2D eigenvalue weighted by Gasteiger charge is 2.52. The van der Waals surface area contributed by atoms with E-state index in [4.69, 9.17) is 0 Å². The second-order valence-corrected chi connectivity index (χ2v) is 9.70. The number of piperidine rings is 2. The molecule has 0 radical (unpaired) electrons. The van der Waals surface area contributed by atoms with Gasteiger partial charge >= 0.3 is 0 Å². The van der Waals surface area contributed by atoms with Gasteiger partial charge in [-0.15, -0.1) is 0 Å². The van der Waals surface area contributed by atoms with Crippen molar-refractivity contribution in [1.29, 1.82) is 0 Å². The molecule has 6 heteroatoms. The molecule has 0 aromatic heterocycles. The second kappa shape index (κ2) is 9.92. The van der Waals surface area contributed by atoms with E-state index in [1.807, 2.05) is 24.3 Å². The number of nitrogens with zero attached hydrogens (tertiary/aromatic N) is 2. The summed E-state index contributed by atoms with van der Waals surface area (Å²) in [7, 11) is 0. The molecule has 178 valence electrons. The van der Waals surface area contributed by atoms with Crippen molar-refractivity contribution < 1.29 is 9.59 Å². The fourth-order valence-corrected chi connectivity index (χ4v) is 5.21. The summed E-state index contributed by atoms with van der Waals surface area (Å²) in [5.74, 6) is -1.29. The van der Waals surface area contributed by atoms with Gasteiger partial charge in [0, 0.05) is 48.9 Å². The molecule has 2 N–H and O–H groups in total. The smallest absolute Gasteiger partial charge is 0.232 e. The zero-order valence-electron chi connectivity index (χ0n) is 19.8. The molecule has 0 unspecified atom stereocenters. The van der Waals surface area contributed by atoms with Gasteiger partial charge in [-0.2, -0.15) is 0 Å². The van der Waals surface area contributed by atoms with E-state index in [1.165, 1.54) is 49.9 Å². The van der Waals surface area contributed by atoms with Crippen LogP contribution in [-0.4, -0.2) is 38.0 Å². The van der Waals surface area contributed by atoms with Gasteiger partial charge in [-0.3, -0.25) is 9.59 Å². The molecule has 5 rings (SSSR count). The van der Waals surface area contributed by atoms with Crippen molar-refractivity contribution in [2.45, 2.75) is 38.5 Å². The molecule has 2 amide bonds. The van der Waals surface area contributed by atoms with Gasteiger partial charge in [-0.1, -0.05) is 12.2 Å². The van der Waals surface area contributed by atoms with Crippen molar-refractivity contribution >= 4 is 34.6 Å². The van der Waals surface area contributed by atoms with Crippen LogP contribution in [0.1, 0.15) is 38.5 Å². The maximum absolute atomic E-state index is 12.8. The molecule has 1 aliphatic carbocycles. The molecular weight excluding hydrogens is 424 g/mol. The van der Waals surface area contributed by atoms with Gasteiger partial charge in [-0.25, -0.2) is 0 Å². The lowest BCUT2D eigenvalue weighted by Gasteiger charge is -2.28. The lowest BCUT2D eigenvalue weighted by atomic mass is 10.1. The van der Waals surface area contributed by atoms with Gasteiger partial charge in [0.15, 0.2) is 0 Å². The van der Waals surface area contributed by atoms with E-state index < -0.39 is 11.8 Å². The Bertz CT molecular complexity index is 952. The Morgan fingerprint density at radius 2 is 0.971 bits per heavy atom. The molecule has 6 nitrogen and oxygen atoms in total. The first-order valence-corrected chi connectivity index (χ1v) is 12.6. The predicted molar refractivity (Wildman–Crippen MR) is 138 cm³/mol. The Kier molecular flexibility index (Phi) is 6.57. The van der Waals surface area contributed by atoms with E-state index in [0.29, 0.717) is 5.57 Å². The first-order valence-electron chi connectivity index (χ1n) is 12.6. The molecule has 1 saturated carbocycles. The van der Waals surface area contributed by atoms with Crippen LogP contribution in [0.5, 0.6) is 0 Å². The minimum absolute atomic E-state index is 0.170. The Morgan fingerprint density at radius 1 is 0.618 bits per heavy atom. The third-order valence-electron chi connectivity index (χ3n) is 7.30. The molecule has 2 saturated heterocycles. The molecule has 2 aliphatic heterocycles. The van der Waals surface area contributed by atoms with Crippen molar-refractivity contribution in [3.05, 3.63) is 60.7 Å². The van der Waals surface area contributed by atoms with Crippen molar-refractivity contribution in [2.24, 2.45) is 11.8 Å². The summed E-state index contributed by atoms with van der Waals surface area (Å²) in [6.45, 7) is 8.33. The molecule has 0 spiro atoms. The van der Waals surface area contributed by atoms with Crippen LogP contribution in [0.3, 0.4) is 0 Å². The normalized spacial score (nSPS) is 22.3. The topological polar surface area (TPSA) is 64.7 Å². The zero-order chi connectivity index (χ0) is 23.5. The first-order chi connectivity index (χ1) is 16.6.